The number of para-hydroxylation sites is 1. The van der Waals surface area contributed by atoms with Gasteiger partial charge in [0.05, 0.1) is 0 Å². The fourth-order valence-electron chi connectivity index (χ4n) is 5.36. The molecule has 3 aliphatic rings. The Morgan fingerprint density at radius 1 is 1.03 bits per heavy atom. The molecule has 2 aromatic carbocycles. The van der Waals surface area contributed by atoms with Crippen LogP contribution in [-0.4, -0.2) is 29.5 Å². The quantitative estimate of drug-likeness (QED) is 0.842. The Morgan fingerprint density at radius 2 is 1.72 bits per heavy atom. The topological polar surface area (TPSA) is 41.6 Å². The Labute approximate surface area is 173 Å². The molecule has 1 amide bonds. The highest BCUT2D eigenvalue weighted by atomic mass is 16.5. The number of carbonyl (C=O) groups is 1. The molecule has 0 aromatic heterocycles. The number of piperidine rings is 1. The maximum absolute atomic E-state index is 12.8. The molecule has 4 nitrogen and oxygen atoms in total. The Hall–Kier alpha value is -2.33. The number of nitrogens with one attached hydrogen (secondary N) is 1. The third kappa shape index (κ3) is 3.78. The average molecular weight is 391 g/mol. The van der Waals surface area contributed by atoms with E-state index in [1.807, 2.05) is 4.90 Å². The van der Waals surface area contributed by atoms with E-state index in [9.17, 15) is 4.79 Å². The van der Waals surface area contributed by atoms with E-state index in [2.05, 4.69) is 53.8 Å². The molecule has 0 saturated carbocycles. The van der Waals surface area contributed by atoms with Crippen LogP contribution in [0.4, 0.5) is 0 Å². The maximum atomic E-state index is 12.8. The van der Waals surface area contributed by atoms with Crippen LogP contribution >= 0.6 is 0 Å². The van der Waals surface area contributed by atoms with Crippen molar-refractivity contribution >= 4 is 5.91 Å². The molecule has 29 heavy (non-hydrogen) atoms. The fourth-order valence-corrected chi connectivity index (χ4v) is 5.36. The van der Waals surface area contributed by atoms with Gasteiger partial charge in [-0.15, -0.1) is 0 Å². The smallest absolute Gasteiger partial charge is 0.223 e. The largest absolute Gasteiger partial charge is 0.487 e. The summed E-state index contributed by atoms with van der Waals surface area (Å²) in [6.07, 6.45) is 5.86. The molecular weight excluding hydrogens is 360 g/mol. The van der Waals surface area contributed by atoms with Crippen LogP contribution in [0.25, 0.3) is 0 Å². The number of fused-ring (bicyclic) bond motifs is 2. The highest BCUT2D eigenvalue weighted by Gasteiger charge is 2.41. The predicted molar refractivity (Wildman–Crippen MR) is 114 cm³/mol. The van der Waals surface area contributed by atoms with Gasteiger partial charge in [0, 0.05) is 19.5 Å². The minimum atomic E-state index is -0.0229. The van der Waals surface area contributed by atoms with E-state index in [0.717, 1.165) is 64.0 Å². The Balaban J connectivity index is 1.22. The van der Waals surface area contributed by atoms with Gasteiger partial charge in [-0.1, -0.05) is 42.5 Å². The molecule has 1 fully saturated rings. The summed E-state index contributed by atoms with van der Waals surface area (Å²) in [5.41, 5.74) is 3.90. The molecule has 1 saturated heterocycles. The fraction of sp³-hybridized carbons (Fsp3) is 0.480. The van der Waals surface area contributed by atoms with E-state index >= 15 is 0 Å². The highest BCUT2D eigenvalue weighted by molar-refractivity contribution is 5.77. The second-order valence-corrected chi connectivity index (χ2v) is 8.88. The van der Waals surface area contributed by atoms with Crippen molar-refractivity contribution in [3.8, 4) is 5.75 Å². The van der Waals surface area contributed by atoms with E-state index in [4.69, 9.17) is 4.74 Å². The summed E-state index contributed by atoms with van der Waals surface area (Å²) >= 11 is 0. The first-order valence-electron chi connectivity index (χ1n) is 11.1. The number of carbonyl (C=O) groups excluding carboxylic acids is 1. The zero-order chi connectivity index (χ0) is 19.7. The zero-order valence-corrected chi connectivity index (χ0v) is 17.0. The van der Waals surface area contributed by atoms with E-state index < -0.39 is 0 Å². The van der Waals surface area contributed by atoms with Gasteiger partial charge in [-0.25, -0.2) is 0 Å². The molecule has 2 aromatic rings. The van der Waals surface area contributed by atoms with Crippen LogP contribution in [0.2, 0.25) is 0 Å². The first-order chi connectivity index (χ1) is 14.2. The van der Waals surface area contributed by atoms with E-state index in [-0.39, 0.29) is 11.5 Å². The summed E-state index contributed by atoms with van der Waals surface area (Å²) in [5, 5.41) is 3.46. The molecule has 3 heterocycles. The molecule has 0 aliphatic carbocycles. The molecule has 5 rings (SSSR count). The Bertz CT molecular complexity index is 863. The predicted octanol–water partition coefficient (Wildman–Crippen LogP) is 4.39. The van der Waals surface area contributed by atoms with Crippen LogP contribution in [0.3, 0.4) is 0 Å². The zero-order valence-electron chi connectivity index (χ0n) is 17.0. The molecule has 1 N–H and O–H groups in total. The number of ether oxygens (including phenoxy) is 1. The lowest BCUT2D eigenvalue weighted by atomic mass is 9.76. The van der Waals surface area contributed by atoms with Crippen molar-refractivity contribution in [1.82, 2.24) is 10.2 Å². The van der Waals surface area contributed by atoms with Gasteiger partial charge in [0.15, 0.2) is 0 Å². The van der Waals surface area contributed by atoms with Crippen molar-refractivity contribution < 1.29 is 9.53 Å². The number of hydrogen-bond donors (Lipinski definition) is 1. The monoisotopic (exact) mass is 390 g/mol. The number of amides is 1. The van der Waals surface area contributed by atoms with Crippen LogP contribution in [-0.2, 0) is 17.9 Å². The van der Waals surface area contributed by atoms with E-state index in [1.165, 1.54) is 16.7 Å². The van der Waals surface area contributed by atoms with Crippen LogP contribution < -0.4 is 10.1 Å². The average Bonchev–Trinajstić information content (AvgIpc) is 3.18. The molecule has 0 radical (unpaired) electrons. The Morgan fingerprint density at radius 3 is 2.48 bits per heavy atom. The van der Waals surface area contributed by atoms with Gasteiger partial charge >= 0.3 is 0 Å². The van der Waals surface area contributed by atoms with Gasteiger partial charge in [0.1, 0.15) is 11.4 Å². The second kappa shape index (κ2) is 7.83. The summed E-state index contributed by atoms with van der Waals surface area (Å²) < 4.78 is 6.52. The summed E-state index contributed by atoms with van der Waals surface area (Å²) in [6, 6.07) is 16.9. The normalized spacial score (nSPS) is 22.1. The third-order valence-corrected chi connectivity index (χ3v) is 6.96. The van der Waals surface area contributed by atoms with Crippen molar-refractivity contribution in [2.45, 2.75) is 63.1 Å². The second-order valence-electron chi connectivity index (χ2n) is 8.88. The lowest BCUT2D eigenvalue weighted by molar-refractivity contribution is -0.131. The number of hydrogen-bond acceptors (Lipinski definition) is 3. The van der Waals surface area contributed by atoms with Gasteiger partial charge < -0.3 is 15.0 Å². The summed E-state index contributed by atoms with van der Waals surface area (Å²) in [7, 11) is 0. The van der Waals surface area contributed by atoms with E-state index in [1.54, 1.807) is 0 Å². The molecule has 3 aliphatic heterocycles. The standard InChI is InChI=1S/C25H30N2O2/c28-24(27-17-20-6-1-2-7-21(20)18-27)11-5-8-19-16-25(12-14-26-15-13-25)29-23-10-4-3-9-22(19)23/h1-4,6-7,9-10,19,26H,5,8,11-18H2. The van der Waals surface area contributed by atoms with Crippen LogP contribution in [0.5, 0.6) is 5.75 Å². The Kier molecular flexibility index (Phi) is 5.04. The van der Waals surface area contributed by atoms with Crippen molar-refractivity contribution in [2.24, 2.45) is 0 Å². The molecular formula is C25H30N2O2. The molecule has 1 atom stereocenters. The first kappa shape index (κ1) is 18.7. The van der Waals surface area contributed by atoms with Gasteiger partial charge in [0.25, 0.3) is 0 Å². The van der Waals surface area contributed by atoms with Gasteiger partial charge in [0.2, 0.25) is 5.91 Å². The minimum Gasteiger partial charge on any atom is -0.487 e. The number of nitrogens with zero attached hydrogens (tertiary/aromatic N) is 1. The lowest BCUT2D eigenvalue weighted by Gasteiger charge is -2.45. The van der Waals surface area contributed by atoms with Crippen LogP contribution in [0.1, 0.15) is 61.1 Å². The van der Waals surface area contributed by atoms with Crippen molar-refractivity contribution in [1.29, 1.82) is 0 Å². The summed E-state index contributed by atoms with van der Waals surface area (Å²) in [4.78, 5) is 14.8. The molecule has 4 heteroatoms. The maximum Gasteiger partial charge on any atom is 0.223 e. The number of rotatable bonds is 4. The summed E-state index contributed by atoms with van der Waals surface area (Å²) in [5.74, 6) is 1.84. The van der Waals surface area contributed by atoms with Crippen LogP contribution in [0.15, 0.2) is 48.5 Å². The van der Waals surface area contributed by atoms with Crippen molar-refractivity contribution in [3.63, 3.8) is 0 Å². The lowest BCUT2D eigenvalue weighted by Crippen LogP contribution is -2.49. The van der Waals surface area contributed by atoms with E-state index in [0.29, 0.717) is 12.3 Å². The molecule has 1 spiro atoms. The highest BCUT2D eigenvalue weighted by Crippen LogP contribution is 2.46. The summed E-state index contributed by atoms with van der Waals surface area (Å²) in [6.45, 7) is 3.60. The molecule has 1 unspecified atom stereocenters. The number of benzene rings is 2. The first-order valence-corrected chi connectivity index (χ1v) is 11.1. The van der Waals surface area contributed by atoms with Crippen molar-refractivity contribution in [3.05, 3.63) is 65.2 Å². The third-order valence-electron chi connectivity index (χ3n) is 6.96. The van der Waals surface area contributed by atoms with Crippen molar-refractivity contribution in [2.75, 3.05) is 13.1 Å². The molecule has 0 bridgehead atoms. The van der Waals surface area contributed by atoms with Gasteiger partial charge in [-0.05, 0) is 73.9 Å². The molecule has 152 valence electrons. The van der Waals surface area contributed by atoms with Gasteiger partial charge in [-0.2, -0.15) is 0 Å². The minimum absolute atomic E-state index is 0.0229. The SMILES string of the molecule is O=C(CCCC1CC2(CCNCC2)Oc2ccccc21)N1Cc2ccccc2C1. The van der Waals surface area contributed by atoms with Crippen LogP contribution in [0, 0.1) is 0 Å². The van der Waals surface area contributed by atoms with Gasteiger partial charge in [-0.3, -0.25) is 4.79 Å².